The fraction of sp³-hybridized carbons (Fsp3) is 0.0455. The zero-order chi connectivity index (χ0) is 32.5. The summed E-state index contributed by atoms with van der Waals surface area (Å²) in [5.41, 5.74) is 10.4. The lowest BCUT2D eigenvalue weighted by Crippen LogP contribution is -2.11. The van der Waals surface area contributed by atoms with E-state index in [0.29, 0.717) is 0 Å². The lowest BCUT2D eigenvalue weighted by atomic mass is 10.1. The van der Waals surface area contributed by atoms with Gasteiger partial charge in [-0.25, -0.2) is 0 Å². The van der Waals surface area contributed by atoms with E-state index in [9.17, 15) is 0 Å². The van der Waals surface area contributed by atoms with Crippen molar-refractivity contribution < 1.29 is 0 Å². The van der Waals surface area contributed by atoms with Crippen LogP contribution in [0.5, 0.6) is 0 Å². The minimum absolute atomic E-state index is 0.819. The van der Waals surface area contributed by atoms with Crippen LogP contribution in [-0.4, -0.2) is 9.97 Å². The van der Waals surface area contributed by atoms with E-state index in [0.717, 1.165) is 45.5 Å². The zero-order valence-corrected chi connectivity index (χ0v) is 27.0. The molecule has 0 aliphatic carbocycles. The van der Waals surface area contributed by atoms with E-state index in [-0.39, 0.29) is 0 Å². The Morgan fingerprint density at radius 1 is 0.354 bits per heavy atom. The Hall–Kier alpha value is -6.26. The summed E-state index contributed by atoms with van der Waals surface area (Å²) in [6.07, 6.45) is 3.89. The molecule has 8 rings (SSSR count). The van der Waals surface area contributed by atoms with Crippen molar-refractivity contribution in [2.24, 2.45) is 0 Å². The first-order valence-corrected chi connectivity index (χ1v) is 16.2. The van der Waals surface area contributed by atoms with Gasteiger partial charge in [0.1, 0.15) is 0 Å². The molecule has 2 aromatic heterocycles. The van der Waals surface area contributed by atoms with Crippen LogP contribution in [0.25, 0.3) is 32.9 Å². The van der Waals surface area contributed by atoms with Gasteiger partial charge < -0.3 is 9.80 Å². The van der Waals surface area contributed by atoms with Gasteiger partial charge in [-0.1, -0.05) is 108 Å². The molecular weight excluding hydrogens is 585 g/mol. The van der Waals surface area contributed by atoms with E-state index in [4.69, 9.17) is 9.97 Å². The van der Waals surface area contributed by atoms with Gasteiger partial charge in [-0.05, 0) is 85.3 Å². The van der Waals surface area contributed by atoms with Gasteiger partial charge in [-0.2, -0.15) is 0 Å². The molecule has 2 heterocycles. The van der Waals surface area contributed by atoms with Gasteiger partial charge in [0.25, 0.3) is 0 Å². The lowest BCUT2D eigenvalue weighted by molar-refractivity contribution is 1.19. The number of pyridine rings is 2. The molecule has 0 spiro atoms. The van der Waals surface area contributed by atoms with E-state index in [2.05, 4.69) is 181 Å². The highest BCUT2D eigenvalue weighted by Gasteiger charge is 2.18. The molecule has 0 saturated heterocycles. The molecule has 0 unspecified atom stereocenters. The van der Waals surface area contributed by atoms with Crippen molar-refractivity contribution in [3.63, 3.8) is 0 Å². The zero-order valence-electron chi connectivity index (χ0n) is 27.0. The first-order chi connectivity index (χ1) is 23.6. The highest BCUT2D eigenvalue weighted by Crippen LogP contribution is 2.41. The second-order valence-electron chi connectivity index (χ2n) is 12.1. The largest absolute Gasteiger partial charge is 0.308 e. The Morgan fingerprint density at radius 2 is 0.729 bits per heavy atom. The van der Waals surface area contributed by atoms with Gasteiger partial charge in [-0.15, -0.1) is 0 Å². The number of anilines is 6. The molecule has 0 atom stereocenters. The van der Waals surface area contributed by atoms with Crippen LogP contribution in [0.3, 0.4) is 0 Å². The monoisotopic (exact) mass is 618 g/mol. The normalized spacial score (nSPS) is 11.1. The van der Waals surface area contributed by atoms with Gasteiger partial charge in [0.15, 0.2) is 0 Å². The predicted molar refractivity (Wildman–Crippen MR) is 201 cm³/mol. The third-order valence-electron chi connectivity index (χ3n) is 8.87. The molecule has 6 aromatic carbocycles. The quantitative estimate of drug-likeness (QED) is 0.178. The maximum Gasteiger partial charge on any atom is 0.0887 e. The first kappa shape index (κ1) is 29.2. The van der Waals surface area contributed by atoms with Crippen LogP contribution in [0.4, 0.5) is 34.1 Å². The van der Waals surface area contributed by atoms with Crippen LogP contribution in [0.1, 0.15) is 11.1 Å². The van der Waals surface area contributed by atoms with Crippen molar-refractivity contribution in [1.82, 2.24) is 9.97 Å². The van der Waals surface area contributed by atoms with Crippen molar-refractivity contribution in [1.29, 1.82) is 0 Å². The van der Waals surface area contributed by atoms with E-state index in [1.807, 2.05) is 12.4 Å². The molecular formula is C44H34N4. The van der Waals surface area contributed by atoms with Crippen LogP contribution in [0.2, 0.25) is 0 Å². The van der Waals surface area contributed by atoms with E-state index >= 15 is 0 Å². The van der Waals surface area contributed by atoms with Crippen LogP contribution in [0.15, 0.2) is 170 Å². The predicted octanol–water partition coefficient (Wildman–Crippen LogP) is 12.0. The summed E-state index contributed by atoms with van der Waals surface area (Å²) < 4.78 is 0. The molecule has 0 aliphatic rings. The summed E-state index contributed by atoms with van der Waals surface area (Å²) in [4.78, 5) is 14.4. The van der Waals surface area contributed by atoms with Gasteiger partial charge in [0.05, 0.1) is 46.5 Å². The van der Waals surface area contributed by atoms with Crippen LogP contribution in [0, 0.1) is 13.8 Å². The minimum atomic E-state index is 0.819. The molecule has 0 N–H and O–H groups in total. The summed E-state index contributed by atoms with van der Waals surface area (Å²) in [7, 11) is 0. The van der Waals surface area contributed by atoms with Gasteiger partial charge in [0.2, 0.25) is 0 Å². The molecule has 230 valence electrons. The second-order valence-corrected chi connectivity index (χ2v) is 12.1. The molecule has 0 saturated carbocycles. The summed E-state index contributed by atoms with van der Waals surface area (Å²) in [5.74, 6) is 0. The van der Waals surface area contributed by atoms with E-state index in [1.165, 1.54) is 32.7 Å². The standard InChI is InChI=1S/C44H34N4/c1-31-17-21-35(22-18-31)47(43-15-7-11-33-9-3-5-13-39(33)43)37-25-27-41(45-29-37)42-28-26-38(30-46-42)48(36-23-19-32(2)20-24-36)44-16-8-12-34-10-4-6-14-40(34)44/h3-30H,1-2H3. The fourth-order valence-corrected chi connectivity index (χ4v) is 6.39. The summed E-state index contributed by atoms with van der Waals surface area (Å²) in [5, 5.41) is 4.77. The van der Waals surface area contributed by atoms with Gasteiger partial charge >= 0.3 is 0 Å². The summed E-state index contributed by atoms with van der Waals surface area (Å²) >= 11 is 0. The SMILES string of the molecule is Cc1ccc(N(c2ccc(-c3ccc(N(c4ccc(C)cc4)c4cccc5ccccc45)cn3)nc2)c2cccc3ccccc23)cc1. The number of nitrogens with zero attached hydrogens (tertiary/aromatic N) is 4. The Morgan fingerprint density at radius 3 is 1.12 bits per heavy atom. The third-order valence-corrected chi connectivity index (χ3v) is 8.87. The van der Waals surface area contributed by atoms with Crippen LogP contribution >= 0.6 is 0 Å². The summed E-state index contributed by atoms with van der Waals surface area (Å²) in [6.45, 7) is 4.23. The Bertz CT molecular complexity index is 2160. The number of rotatable bonds is 7. The van der Waals surface area contributed by atoms with Crippen molar-refractivity contribution in [2.75, 3.05) is 9.80 Å². The molecule has 8 aromatic rings. The second kappa shape index (κ2) is 12.5. The molecule has 0 radical (unpaired) electrons. The van der Waals surface area contributed by atoms with E-state index in [1.54, 1.807) is 0 Å². The number of fused-ring (bicyclic) bond motifs is 2. The smallest absolute Gasteiger partial charge is 0.0887 e. The summed E-state index contributed by atoms with van der Waals surface area (Å²) in [6, 6.07) is 55.6. The van der Waals surface area contributed by atoms with Crippen LogP contribution < -0.4 is 9.80 Å². The molecule has 48 heavy (non-hydrogen) atoms. The maximum absolute atomic E-state index is 4.94. The van der Waals surface area contributed by atoms with Crippen molar-refractivity contribution in [3.05, 3.63) is 181 Å². The maximum atomic E-state index is 4.94. The van der Waals surface area contributed by atoms with E-state index < -0.39 is 0 Å². The topological polar surface area (TPSA) is 32.3 Å². The van der Waals surface area contributed by atoms with Crippen molar-refractivity contribution in [3.8, 4) is 11.4 Å². The number of hydrogen-bond acceptors (Lipinski definition) is 4. The Labute approximate surface area is 281 Å². The Kier molecular flexibility index (Phi) is 7.60. The number of benzene rings is 6. The van der Waals surface area contributed by atoms with Crippen molar-refractivity contribution in [2.45, 2.75) is 13.8 Å². The minimum Gasteiger partial charge on any atom is -0.308 e. The molecule has 0 amide bonds. The fourth-order valence-electron chi connectivity index (χ4n) is 6.39. The van der Waals surface area contributed by atoms with Crippen LogP contribution in [-0.2, 0) is 0 Å². The molecule has 0 fully saturated rings. The first-order valence-electron chi connectivity index (χ1n) is 16.2. The average molecular weight is 619 g/mol. The average Bonchev–Trinajstić information content (AvgIpc) is 3.14. The molecule has 4 heteroatoms. The highest BCUT2D eigenvalue weighted by atomic mass is 15.2. The molecule has 0 bridgehead atoms. The molecule has 0 aliphatic heterocycles. The number of aryl methyl sites for hydroxylation is 2. The lowest BCUT2D eigenvalue weighted by Gasteiger charge is -2.27. The Balaban J connectivity index is 1.16. The van der Waals surface area contributed by atoms with Crippen molar-refractivity contribution >= 4 is 55.7 Å². The molecule has 4 nitrogen and oxygen atoms in total. The van der Waals surface area contributed by atoms with Gasteiger partial charge in [0, 0.05) is 22.1 Å². The number of aromatic nitrogens is 2. The number of hydrogen-bond donors (Lipinski definition) is 0. The highest BCUT2D eigenvalue weighted by molar-refractivity contribution is 6.00. The van der Waals surface area contributed by atoms with Gasteiger partial charge in [-0.3, -0.25) is 9.97 Å². The third kappa shape index (κ3) is 5.54.